The van der Waals surface area contributed by atoms with E-state index in [2.05, 4.69) is 47.8 Å². The lowest BCUT2D eigenvalue weighted by molar-refractivity contribution is 0.560. The summed E-state index contributed by atoms with van der Waals surface area (Å²) in [6, 6.07) is 2.06. The molecule has 1 aliphatic rings. The van der Waals surface area contributed by atoms with E-state index in [0.717, 1.165) is 5.92 Å². The molecule has 0 aliphatic heterocycles. The maximum Gasteiger partial charge on any atom is 0.0503 e. The van der Waals surface area contributed by atoms with E-state index in [-0.39, 0.29) is 5.41 Å². The summed E-state index contributed by atoms with van der Waals surface area (Å²) in [6.45, 7) is 6.69. The number of nitrogens with zero attached hydrogens (tertiary/aromatic N) is 1. The van der Waals surface area contributed by atoms with Crippen LogP contribution in [0.1, 0.15) is 50.8 Å². The summed E-state index contributed by atoms with van der Waals surface area (Å²) >= 11 is 3.64. The predicted octanol–water partition coefficient (Wildman–Crippen LogP) is 4.02. The van der Waals surface area contributed by atoms with Crippen LogP contribution in [0.5, 0.6) is 0 Å². The van der Waals surface area contributed by atoms with E-state index < -0.39 is 0 Å². The minimum absolute atomic E-state index is 0.154. The lowest BCUT2D eigenvalue weighted by Crippen LogP contribution is -2.16. The van der Waals surface area contributed by atoms with E-state index >= 15 is 0 Å². The summed E-state index contributed by atoms with van der Waals surface area (Å²) in [6.07, 6.45) is 4.55. The van der Waals surface area contributed by atoms with E-state index in [0.29, 0.717) is 0 Å². The van der Waals surface area contributed by atoms with Crippen LogP contribution in [0.25, 0.3) is 0 Å². The Bertz CT molecular complexity index is 348. The third-order valence-corrected chi connectivity index (χ3v) is 3.32. The van der Waals surface area contributed by atoms with Gasteiger partial charge in [0.1, 0.15) is 0 Å². The highest BCUT2D eigenvalue weighted by molar-refractivity contribution is 9.10. The first-order chi connectivity index (χ1) is 6.50. The van der Waals surface area contributed by atoms with Crippen molar-refractivity contribution in [2.75, 3.05) is 0 Å². The Hall–Kier alpha value is -0.370. The fourth-order valence-electron chi connectivity index (χ4n) is 1.81. The van der Waals surface area contributed by atoms with Crippen LogP contribution >= 0.6 is 15.9 Å². The highest BCUT2D eigenvalue weighted by Gasteiger charge is 2.32. The smallest absolute Gasteiger partial charge is 0.0503 e. The number of pyridine rings is 1. The van der Waals surface area contributed by atoms with Gasteiger partial charge in [-0.05, 0) is 30.4 Å². The molecule has 1 aromatic heterocycles. The third kappa shape index (κ3) is 1.85. The number of hydrogen-bond acceptors (Lipinski definition) is 1. The van der Waals surface area contributed by atoms with Gasteiger partial charge in [0.25, 0.3) is 0 Å². The Balaban J connectivity index is 2.53. The van der Waals surface area contributed by atoms with Crippen LogP contribution < -0.4 is 0 Å². The second-order valence-corrected chi connectivity index (χ2v) is 5.93. The normalized spacial score (nSPS) is 17.1. The molecule has 1 heterocycles. The molecular formula is C12H16BrN. The van der Waals surface area contributed by atoms with Crippen LogP contribution in [0.4, 0.5) is 0 Å². The summed E-state index contributed by atoms with van der Waals surface area (Å²) in [5.41, 5.74) is 2.86. The number of rotatable bonds is 1. The fraction of sp³-hybridized carbons (Fsp3) is 0.583. The van der Waals surface area contributed by atoms with Crippen LogP contribution in [-0.2, 0) is 5.41 Å². The molecule has 0 atom stereocenters. The average molecular weight is 254 g/mol. The SMILES string of the molecule is CC(C)(C)c1nccc(Br)c1C1CC1. The summed E-state index contributed by atoms with van der Waals surface area (Å²) in [5, 5.41) is 0. The van der Waals surface area contributed by atoms with Crippen LogP contribution in [0.15, 0.2) is 16.7 Å². The maximum atomic E-state index is 4.54. The second-order valence-electron chi connectivity index (χ2n) is 5.08. The lowest BCUT2D eigenvalue weighted by atomic mass is 9.87. The molecule has 0 unspecified atom stereocenters. The first-order valence-corrected chi connectivity index (χ1v) is 5.94. The van der Waals surface area contributed by atoms with Crippen molar-refractivity contribution in [3.05, 3.63) is 28.0 Å². The van der Waals surface area contributed by atoms with Crippen LogP contribution in [0, 0.1) is 0 Å². The predicted molar refractivity (Wildman–Crippen MR) is 62.6 cm³/mol. The summed E-state index contributed by atoms with van der Waals surface area (Å²) in [7, 11) is 0. The van der Waals surface area contributed by atoms with Gasteiger partial charge in [-0.2, -0.15) is 0 Å². The highest BCUT2D eigenvalue weighted by Crippen LogP contribution is 2.46. The molecule has 0 bridgehead atoms. The summed E-state index contributed by atoms with van der Waals surface area (Å²) < 4.78 is 1.24. The number of halogens is 1. The van der Waals surface area contributed by atoms with E-state index in [1.807, 2.05) is 6.20 Å². The Morgan fingerprint density at radius 3 is 2.50 bits per heavy atom. The molecule has 1 saturated carbocycles. The van der Waals surface area contributed by atoms with E-state index in [4.69, 9.17) is 0 Å². The Labute approximate surface area is 94.1 Å². The van der Waals surface area contributed by atoms with Gasteiger partial charge >= 0.3 is 0 Å². The minimum atomic E-state index is 0.154. The highest BCUT2D eigenvalue weighted by atomic mass is 79.9. The molecule has 0 saturated heterocycles. The van der Waals surface area contributed by atoms with Gasteiger partial charge in [-0.3, -0.25) is 4.98 Å². The Morgan fingerprint density at radius 2 is 2.00 bits per heavy atom. The van der Waals surface area contributed by atoms with Crippen molar-refractivity contribution in [3.8, 4) is 0 Å². The molecule has 0 aromatic carbocycles. The molecule has 2 heteroatoms. The summed E-state index contributed by atoms with van der Waals surface area (Å²) in [4.78, 5) is 4.54. The monoisotopic (exact) mass is 253 g/mol. The summed E-state index contributed by atoms with van der Waals surface area (Å²) in [5.74, 6) is 0.757. The van der Waals surface area contributed by atoms with Crippen molar-refractivity contribution in [2.24, 2.45) is 0 Å². The fourth-order valence-corrected chi connectivity index (χ4v) is 2.44. The van der Waals surface area contributed by atoms with Gasteiger partial charge in [0.2, 0.25) is 0 Å². The van der Waals surface area contributed by atoms with Crippen molar-refractivity contribution in [3.63, 3.8) is 0 Å². The Kier molecular flexibility index (Phi) is 2.42. The van der Waals surface area contributed by atoms with Crippen molar-refractivity contribution < 1.29 is 0 Å². The molecule has 76 valence electrons. The van der Waals surface area contributed by atoms with Crippen molar-refractivity contribution in [1.82, 2.24) is 4.98 Å². The quantitative estimate of drug-likeness (QED) is 0.737. The van der Waals surface area contributed by atoms with Gasteiger partial charge in [0, 0.05) is 16.1 Å². The van der Waals surface area contributed by atoms with Gasteiger partial charge in [-0.1, -0.05) is 36.7 Å². The molecular weight excluding hydrogens is 238 g/mol. The van der Waals surface area contributed by atoms with Gasteiger partial charge in [0.05, 0.1) is 5.69 Å². The zero-order valence-electron chi connectivity index (χ0n) is 8.97. The molecule has 0 radical (unpaired) electrons. The largest absolute Gasteiger partial charge is 0.260 e. The molecule has 1 nitrogen and oxygen atoms in total. The average Bonchev–Trinajstić information content (AvgIpc) is 2.85. The van der Waals surface area contributed by atoms with Crippen LogP contribution in [-0.4, -0.2) is 4.98 Å². The number of aromatic nitrogens is 1. The van der Waals surface area contributed by atoms with E-state index in [1.54, 1.807) is 0 Å². The zero-order valence-corrected chi connectivity index (χ0v) is 10.6. The van der Waals surface area contributed by atoms with E-state index in [1.165, 1.54) is 28.6 Å². The van der Waals surface area contributed by atoms with Crippen molar-refractivity contribution in [1.29, 1.82) is 0 Å². The first kappa shape index (κ1) is 10.2. The zero-order chi connectivity index (χ0) is 10.3. The van der Waals surface area contributed by atoms with Crippen molar-refractivity contribution in [2.45, 2.75) is 44.9 Å². The Morgan fingerprint density at radius 1 is 1.36 bits per heavy atom. The lowest BCUT2D eigenvalue weighted by Gasteiger charge is -2.22. The molecule has 0 N–H and O–H groups in total. The standard InChI is InChI=1S/C12H16BrN/c1-12(2,3)11-10(8-4-5-8)9(13)6-7-14-11/h6-8H,4-5H2,1-3H3. The molecule has 1 aromatic rings. The van der Waals surface area contributed by atoms with Gasteiger partial charge < -0.3 is 0 Å². The molecule has 0 spiro atoms. The first-order valence-electron chi connectivity index (χ1n) is 5.15. The maximum absolute atomic E-state index is 4.54. The van der Waals surface area contributed by atoms with Gasteiger partial charge in [-0.25, -0.2) is 0 Å². The van der Waals surface area contributed by atoms with E-state index in [9.17, 15) is 0 Å². The second kappa shape index (κ2) is 3.34. The number of hydrogen-bond donors (Lipinski definition) is 0. The third-order valence-electron chi connectivity index (χ3n) is 2.63. The van der Waals surface area contributed by atoms with Crippen LogP contribution in [0.3, 0.4) is 0 Å². The molecule has 1 fully saturated rings. The van der Waals surface area contributed by atoms with Gasteiger partial charge in [0.15, 0.2) is 0 Å². The van der Waals surface area contributed by atoms with Crippen LogP contribution in [0.2, 0.25) is 0 Å². The molecule has 2 rings (SSSR count). The topological polar surface area (TPSA) is 12.9 Å². The molecule has 1 aliphatic carbocycles. The molecule has 14 heavy (non-hydrogen) atoms. The minimum Gasteiger partial charge on any atom is -0.260 e. The molecule has 0 amide bonds. The van der Waals surface area contributed by atoms with Crippen molar-refractivity contribution >= 4 is 15.9 Å². The van der Waals surface area contributed by atoms with Gasteiger partial charge in [-0.15, -0.1) is 0 Å².